The minimum absolute atomic E-state index is 0.0426. The van der Waals surface area contributed by atoms with Gasteiger partial charge >= 0.3 is 0 Å². The summed E-state index contributed by atoms with van der Waals surface area (Å²) in [7, 11) is 0. The molecular weight excluding hydrogens is 226 g/mol. The van der Waals surface area contributed by atoms with E-state index < -0.39 is 0 Å². The molecule has 1 aliphatic heterocycles. The summed E-state index contributed by atoms with van der Waals surface area (Å²) < 4.78 is 0. The molecule has 18 heavy (non-hydrogen) atoms. The molecule has 4 nitrogen and oxygen atoms in total. The number of hydrogen-bond donors (Lipinski definition) is 2. The number of rotatable bonds is 5. The van der Waals surface area contributed by atoms with Crippen molar-refractivity contribution in [3.63, 3.8) is 0 Å². The van der Waals surface area contributed by atoms with E-state index in [1.165, 1.54) is 32.1 Å². The van der Waals surface area contributed by atoms with Crippen molar-refractivity contribution in [2.75, 3.05) is 13.1 Å². The van der Waals surface area contributed by atoms with E-state index in [-0.39, 0.29) is 11.9 Å². The van der Waals surface area contributed by atoms with Crippen LogP contribution in [0.1, 0.15) is 52.9 Å². The van der Waals surface area contributed by atoms with Crippen LogP contribution < -0.4 is 11.3 Å². The molecule has 2 atom stereocenters. The third-order valence-electron chi connectivity index (χ3n) is 4.01. The molecule has 4 heteroatoms. The predicted octanol–water partition coefficient (Wildman–Crippen LogP) is 1.90. The zero-order valence-corrected chi connectivity index (χ0v) is 12.1. The molecule has 0 aliphatic carbocycles. The Balaban J connectivity index is 2.61. The smallest absolute Gasteiger partial charge is 0.251 e. The van der Waals surface area contributed by atoms with Crippen molar-refractivity contribution in [2.45, 2.75) is 58.9 Å². The van der Waals surface area contributed by atoms with Crippen LogP contribution >= 0.6 is 0 Å². The van der Waals surface area contributed by atoms with E-state index in [1.807, 2.05) is 0 Å². The lowest BCUT2D eigenvalue weighted by Crippen LogP contribution is -2.52. The largest absolute Gasteiger partial charge is 0.293 e. The minimum atomic E-state index is -0.0737. The van der Waals surface area contributed by atoms with Gasteiger partial charge in [-0.1, -0.05) is 33.6 Å². The van der Waals surface area contributed by atoms with Crippen LogP contribution in [0.4, 0.5) is 0 Å². The maximum Gasteiger partial charge on any atom is 0.251 e. The summed E-state index contributed by atoms with van der Waals surface area (Å²) in [5.74, 6) is 6.41. The SMILES string of the molecule is CCCC1CCCN(C(C(=O)NN)C(C)C)CC1. The van der Waals surface area contributed by atoms with Crippen LogP contribution in [0.25, 0.3) is 0 Å². The topological polar surface area (TPSA) is 58.4 Å². The van der Waals surface area contributed by atoms with Gasteiger partial charge in [0.1, 0.15) is 0 Å². The third-order valence-corrected chi connectivity index (χ3v) is 4.01. The van der Waals surface area contributed by atoms with Gasteiger partial charge in [-0.2, -0.15) is 0 Å². The highest BCUT2D eigenvalue weighted by molar-refractivity contribution is 5.81. The molecule has 1 heterocycles. The molecule has 1 fully saturated rings. The minimum Gasteiger partial charge on any atom is -0.293 e. The fraction of sp³-hybridized carbons (Fsp3) is 0.929. The summed E-state index contributed by atoms with van der Waals surface area (Å²) >= 11 is 0. The molecule has 3 N–H and O–H groups in total. The molecule has 1 aliphatic rings. The molecule has 1 amide bonds. The summed E-state index contributed by atoms with van der Waals surface area (Å²) in [4.78, 5) is 14.2. The van der Waals surface area contributed by atoms with Crippen LogP contribution in [-0.2, 0) is 4.79 Å². The van der Waals surface area contributed by atoms with Crippen LogP contribution in [0.2, 0.25) is 0 Å². The molecule has 106 valence electrons. The fourth-order valence-corrected chi connectivity index (χ4v) is 3.14. The van der Waals surface area contributed by atoms with Gasteiger partial charge in [-0.25, -0.2) is 5.84 Å². The Hall–Kier alpha value is -0.610. The van der Waals surface area contributed by atoms with E-state index in [1.54, 1.807) is 0 Å². The second-order valence-corrected chi connectivity index (χ2v) is 5.82. The van der Waals surface area contributed by atoms with E-state index in [9.17, 15) is 4.79 Å². The van der Waals surface area contributed by atoms with Gasteiger partial charge in [-0.05, 0) is 44.2 Å². The number of likely N-dealkylation sites (tertiary alicyclic amines) is 1. The molecular formula is C14H29N3O. The van der Waals surface area contributed by atoms with E-state index in [0.717, 1.165) is 19.0 Å². The van der Waals surface area contributed by atoms with Gasteiger partial charge in [0, 0.05) is 0 Å². The first-order valence-corrected chi connectivity index (χ1v) is 7.34. The van der Waals surface area contributed by atoms with Gasteiger partial charge in [0.2, 0.25) is 0 Å². The Morgan fingerprint density at radius 2 is 2.11 bits per heavy atom. The van der Waals surface area contributed by atoms with Crippen LogP contribution in [-0.4, -0.2) is 29.9 Å². The van der Waals surface area contributed by atoms with Gasteiger partial charge in [-0.15, -0.1) is 0 Å². The summed E-state index contributed by atoms with van der Waals surface area (Å²) in [5, 5.41) is 0. The average Bonchev–Trinajstić information content (AvgIpc) is 2.55. The molecule has 1 rings (SSSR count). The highest BCUT2D eigenvalue weighted by Gasteiger charge is 2.30. The normalized spacial score (nSPS) is 23.7. The summed E-state index contributed by atoms with van der Waals surface area (Å²) in [6, 6.07) is -0.0737. The molecule has 0 aromatic rings. The van der Waals surface area contributed by atoms with E-state index in [0.29, 0.717) is 5.92 Å². The molecule has 0 saturated carbocycles. The molecule has 2 unspecified atom stereocenters. The maximum atomic E-state index is 11.9. The van der Waals surface area contributed by atoms with Crippen molar-refractivity contribution in [1.82, 2.24) is 10.3 Å². The van der Waals surface area contributed by atoms with Crippen molar-refractivity contribution >= 4 is 5.91 Å². The van der Waals surface area contributed by atoms with Crippen molar-refractivity contribution < 1.29 is 4.79 Å². The summed E-state index contributed by atoms with van der Waals surface area (Å²) in [6.45, 7) is 8.49. The molecule has 0 bridgehead atoms. The average molecular weight is 255 g/mol. The third kappa shape index (κ3) is 4.25. The predicted molar refractivity (Wildman–Crippen MR) is 74.8 cm³/mol. The number of carbonyl (C=O) groups is 1. The van der Waals surface area contributed by atoms with Gasteiger partial charge in [-0.3, -0.25) is 15.1 Å². The second-order valence-electron chi connectivity index (χ2n) is 5.82. The Kier molecular flexibility index (Phi) is 6.65. The highest BCUT2D eigenvalue weighted by atomic mass is 16.2. The summed E-state index contributed by atoms with van der Waals surface area (Å²) in [5.41, 5.74) is 2.32. The van der Waals surface area contributed by atoms with Gasteiger partial charge in [0.15, 0.2) is 0 Å². The van der Waals surface area contributed by atoms with Crippen LogP contribution in [0.3, 0.4) is 0 Å². The lowest BCUT2D eigenvalue weighted by molar-refractivity contribution is -0.128. The first-order valence-electron chi connectivity index (χ1n) is 7.34. The first-order chi connectivity index (χ1) is 8.60. The molecule has 0 aromatic carbocycles. The zero-order chi connectivity index (χ0) is 13.5. The van der Waals surface area contributed by atoms with E-state index in [4.69, 9.17) is 5.84 Å². The Morgan fingerprint density at radius 1 is 1.39 bits per heavy atom. The number of hydrogen-bond acceptors (Lipinski definition) is 3. The summed E-state index contributed by atoms with van der Waals surface area (Å²) in [6.07, 6.45) is 6.31. The number of carbonyl (C=O) groups excluding carboxylic acids is 1. The second kappa shape index (κ2) is 7.74. The van der Waals surface area contributed by atoms with E-state index in [2.05, 4.69) is 31.1 Å². The van der Waals surface area contributed by atoms with Gasteiger partial charge in [0.25, 0.3) is 5.91 Å². The van der Waals surface area contributed by atoms with Gasteiger partial charge in [0.05, 0.1) is 6.04 Å². The number of hydrazine groups is 1. The quantitative estimate of drug-likeness (QED) is 0.448. The molecule has 0 aromatic heterocycles. The fourth-order valence-electron chi connectivity index (χ4n) is 3.14. The molecule has 0 radical (unpaired) electrons. The van der Waals surface area contributed by atoms with Crippen molar-refractivity contribution in [2.24, 2.45) is 17.7 Å². The zero-order valence-electron chi connectivity index (χ0n) is 12.1. The van der Waals surface area contributed by atoms with Crippen LogP contribution in [0.15, 0.2) is 0 Å². The number of nitrogens with zero attached hydrogens (tertiary/aromatic N) is 1. The highest BCUT2D eigenvalue weighted by Crippen LogP contribution is 2.24. The van der Waals surface area contributed by atoms with Gasteiger partial charge < -0.3 is 0 Å². The van der Waals surface area contributed by atoms with Crippen molar-refractivity contribution in [1.29, 1.82) is 0 Å². The Labute approximate surface area is 111 Å². The Morgan fingerprint density at radius 3 is 2.67 bits per heavy atom. The van der Waals surface area contributed by atoms with Crippen molar-refractivity contribution in [3.05, 3.63) is 0 Å². The number of nitrogens with one attached hydrogen (secondary N) is 1. The lowest BCUT2D eigenvalue weighted by Gasteiger charge is -2.31. The first kappa shape index (κ1) is 15.4. The van der Waals surface area contributed by atoms with E-state index >= 15 is 0 Å². The molecule has 1 saturated heterocycles. The maximum absolute atomic E-state index is 11.9. The monoisotopic (exact) mass is 255 g/mol. The number of nitrogens with two attached hydrogens (primary N) is 1. The van der Waals surface area contributed by atoms with Crippen molar-refractivity contribution in [3.8, 4) is 0 Å². The standard InChI is InChI=1S/C14H29N3O/c1-4-6-12-7-5-9-17(10-8-12)13(11(2)3)14(18)16-15/h11-13H,4-10,15H2,1-3H3,(H,16,18). The van der Waals surface area contributed by atoms with Crippen LogP contribution in [0, 0.1) is 11.8 Å². The Bertz CT molecular complexity index is 255. The lowest BCUT2D eigenvalue weighted by atomic mass is 9.96. The van der Waals surface area contributed by atoms with Crippen LogP contribution in [0.5, 0.6) is 0 Å². The number of amides is 1. The molecule has 0 spiro atoms.